The molecule has 7 heteroatoms. The second kappa shape index (κ2) is 10.9. The summed E-state index contributed by atoms with van der Waals surface area (Å²) in [5.41, 5.74) is 6.02. The number of halogens is 1. The Morgan fingerprint density at radius 2 is 1.83 bits per heavy atom. The molecular weight excluding hydrogens is 346 g/mol. The molecule has 3 atom stereocenters. The van der Waals surface area contributed by atoms with Crippen molar-refractivity contribution in [3.63, 3.8) is 0 Å². The molecule has 1 amide bonds. The highest BCUT2D eigenvalue weighted by molar-refractivity contribution is 7.98. The lowest BCUT2D eigenvalue weighted by Crippen LogP contribution is -2.50. The molecule has 0 spiro atoms. The molecule has 142 valence electrons. The molecule has 5 nitrogen and oxygen atoms in total. The Kier molecular flexibility index (Phi) is 9.97. The maximum atomic E-state index is 12.4. The summed E-state index contributed by atoms with van der Waals surface area (Å²) in [6.07, 6.45) is 5.69. The highest BCUT2D eigenvalue weighted by atomic mass is 35.5. The number of hydrogen-bond donors (Lipinski definition) is 1. The second-order valence-electron chi connectivity index (χ2n) is 7.13. The monoisotopic (exact) mass is 379 g/mol. The van der Waals surface area contributed by atoms with E-state index in [2.05, 4.69) is 25.0 Å². The van der Waals surface area contributed by atoms with E-state index in [1.807, 2.05) is 4.90 Å². The van der Waals surface area contributed by atoms with Gasteiger partial charge in [-0.25, -0.2) is 0 Å². The van der Waals surface area contributed by atoms with E-state index < -0.39 is 0 Å². The predicted molar refractivity (Wildman–Crippen MR) is 104 cm³/mol. The summed E-state index contributed by atoms with van der Waals surface area (Å²) in [6, 6.07) is -0.319. The van der Waals surface area contributed by atoms with Gasteiger partial charge in [-0.15, -0.1) is 12.4 Å². The average molecular weight is 380 g/mol. The lowest BCUT2D eigenvalue weighted by atomic mass is 9.95. The molecule has 0 aliphatic carbocycles. The van der Waals surface area contributed by atoms with E-state index in [0.717, 1.165) is 57.7 Å². The Bertz CT molecular complexity index is 371. The molecule has 0 aromatic rings. The highest BCUT2D eigenvalue weighted by Crippen LogP contribution is 2.21. The number of amides is 1. The van der Waals surface area contributed by atoms with E-state index >= 15 is 0 Å². The van der Waals surface area contributed by atoms with Gasteiger partial charge in [0.05, 0.1) is 18.2 Å². The zero-order valence-corrected chi connectivity index (χ0v) is 16.9. The lowest BCUT2D eigenvalue weighted by Gasteiger charge is -2.39. The fraction of sp³-hybridized carbons (Fsp3) is 0.941. The molecular formula is C17H34ClN3O2S. The number of thioether (sulfide) groups is 1. The third-order valence-corrected chi connectivity index (χ3v) is 5.53. The largest absolute Gasteiger partial charge is 0.373 e. The number of piperidine rings is 1. The molecule has 2 aliphatic rings. The molecule has 2 unspecified atom stereocenters. The minimum Gasteiger partial charge on any atom is -0.373 e. The highest BCUT2D eigenvalue weighted by Gasteiger charge is 2.29. The first-order valence-electron chi connectivity index (χ1n) is 8.90. The molecule has 0 saturated carbocycles. The molecule has 2 aliphatic heterocycles. The number of carbonyl (C=O) groups is 1. The van der Waals surface area contributed by atoms with Gasteiger partial charge in [0, 0.05) is 32.7 Å². The summed E-state index contributed by atoms with van der Waals surface area (Å²) in [5.74, 6) is 1.79. The Hall–Kier alpha value is -0.0100. The van der Waals surface area contributed by atoms with E-state index in [9.17, 15) is 4.79 Å². The van der Waals surface area contributed by atoms with Gasteiger partial charge in [0.25, 0.3) is 0 Å². The second-order valence-corrected chi connectivity index (χ2v) is 8.12. The summed E-state index contributed by atoms with van der Waals surface area (Å²) < 4.78 is 5.80. The van der Waals surface area contributed by atoms with Crippen molar-refractivity contribution in [2.75, 3.05) is 44.7 Å². The first kappa shape index (κ1) is 22.0. The minimum absolute atomic E-state index is 0. The van der Waals surface area contributed by atoms with Crippen LogP contribution in [0.5, 0.6) is 0 Å². The number of ether oxygens (including phenoxy) is 1. The van der Waals surface area contributed by atoms with E-state index in [1.165, 1.54) is 0 Å². The molecule has 2 saturated heterocycles. The van der Waals surface area contributed by atoms with Crippen molar-refractivity contribution in [3.8, 4) is 0 Å². The van der Waals surface area contributed by atoms with Gasteiger partial charge in [-0.2, -0.15) is 11.8 Å². The van der Waals surface area contributed by atoms with E-state index in [1.54, 1.807) is 11.8 Å². The van der Waals surface area contributed by atoms with Crippen LogP contribution in [0.1, 0.15) is 33.1 Å². The quantitative estimate of drug-likeness (QED) is 0.763. The standard InChI is InChI=1S/C17H33N3O2S.ClH/c1-13-10-19(11-14(2)22-13)12-15-4-7-20(8-5-15)17(21)16(18)6-9-23-3;/h13-16H,4-12,18H2,1-3H3;1H/t13?,14?,16-;/m0./s1. The number of morpholine rings is 1. The van der Waals surface area contributed by atoms with E-state index in [0.29, 0.717) is 18.1 Å². The number of rotatable bonds is 6. The SMILES string of the molecule is CSCC[C@H](N)C(=O)N1CCC(CN2CC(C)OC(C)C2)CC1.Cl. The van der Waals surface area contributed by atoms with Crippen LogP contribution in [-0.2, 0) is 9.53 Å². The van der Waals surface area contributed by atoms with Gasteiger partial charge in [0.1, 0.15) is 0 Å². The molecule has 2 heterocycles. The molecule has 0 aromatic heterocycles. The summed E-state index contributed by atoms with van der Waals surface area (Å²) in [5, 5.41) is 0. The molecule has 0 radical (unpaired) electrons. The van der Waals surface area contributed by atoms with Crippen LogP contribution in [-0.4, -0.2) is 78.7 Å². The van der Waals surface area contributed by atoms with Crippen LogP contribution in [0.25, 0.3) is 0 Å². The first-order valence-corrected chi connectivity index (χ1v) is 10.3. The lowest BCUT2D eigenvalue weighted by molar-refractivity contribution is -0.134. The Labute approximate surface area is 157 Å². The van der Waals surface area contributed by atoms with Gasteiger partial charge < -0.3 is 15.4 Å². The third kappa shape index (κ3) is 6.71. The first-order chi connectivity index (χ1) is 11.0. The minimum atomic E-state index is -0.319. The fourth-order valence-electron chi connectivity index (χ4n) is 3.74. The fourth-order valence-corrected chi connectivity index (χ4v) is 4.23. The number of nitrogens with two attached hydrogens (primary N) is 1. The molecule has 2 rings (SSSR count). The summed E-state index contributed by atoms with van der Waals surface area (Å²) in [7, 11) is 0. The van der Waals surface area contributed by atoms with E-state index in [4.69, 9.17) is 10.5 Å². The van der Waals surface area contributed by atoms with Crippen molar-refractivity contribution in [1.82, 2.24) is 9.80 Å². The van der Waals surface area contributed by atoms with Crippen LogP contribution in [0.2, 0.25) is 0 Å². The van der Waals surface area contributed by atoms with Gasteiger partial charge in [-0.1, -0.05) is 0 Å². The average Bonchev–Trinajstić information content (AvgIpc) is 2.51. The van der Waals surface area contributed by atoms with Crippen LogP contribution in [0.4, 0.5) is 0 Å². The number of carbonyl (C=O) groups excluding carboxylic acids is 1. The van der Waals surface area contributed by atoms with Gasteiger partial charge in [-0.3, -0.25) is 9.69 Å². The Morgan fingerprint density at radius 1 is 1.25 bits per heavy atom. The van der Waals surface area contributed by atoms with Crippen molar-refractivity contribution in [2.45, 2.75) is 51.4 Å². The smallest absolute Gasteiger partial charge is 0.239 e. The van der Waals surface area contributed by atoms with Crippen molar-refractivity contribution in [3.05, 3.63) is 0 Å². The maximum Gasteiger partial charge on any atom is 0.239 e. The molecule has 2 N–H and O–H groups in total. The van der Waals surface area contributed by atoms with Crippen molar-refractivity contribution in [2.24, 2.45) is 11.7 Å². The van der Waals surface area contributed by atoms with E-state index in [-0.39, 0.29) is 24.4 Å². The Morgan fingerprint density at radius 3 is 2.38 bits per heavy atom. The van der Waals surface area contributed by atoms with Crippen LogP contribution >= 0.6 is 24.2 Å². The van der Waals surface area contributed by atoms with Crippen molar-refractivity contribution >= 4 is 30.1 Å². The van der Waals surface area contributed by atoms with Crippen LogP contribution < -0.4 is 5.73 Å². The third-order valence-electron chi connectivity index (χ3n) is 4.89. The molecule has 24 heavy (non-hydrogen) atoms. The van der Waals surface area contributed by atoms with Gasteiger partial charge in [0.2, 0.25) is 5.91 Å². The Balaban J connectivity index is 0.00000288. The van der Waals surface area contributed by atoms with Crippen LogP contribution in [0.15, 0.2) is 0 Å². The van der Waals surface area contributed by atoms with Crippen LogP contribution in [0.3, 0.4) is 0 Å². The predicted octanol–water partition coefficient (Wildman–Crippen LogP) is 1.84. The zero-order valence-electron chi connectivity index (χ0n) is 15.3. The number of nitrogens with zero attached hydrogens (tertiary/aromatic N) is 2. The summed E-state index contributed by atoms with van der Waals surface area (Å²) >= 11 is 1.75. The number of hydrogen-bond acceptors (Lipinski definition) is 5. The van der Waals surface area contributed by atoms with Crippen molar-refractivity contribution in [1.29, 1.82) is 0 Å². The van der Waals surface area contributed by atoms with Gasteiger partial charge in [-0.05, 0) is 51.0 Å². The normalized spacial score (nSPS) is 27.6. The molecule has 2 fully saturated rings. The topological polar surface area (TPSA) is 58.8 Å². The zero-order chi connectivity index (χ0) is 16.8. The van der Waals surface area contributed by atoms with Crippen LogP contribution in [0, 0.1) is 5.92 Å². The summed E-state index contributed by atoms with van der Waals surface area (Å²) in [4.78, 5) is 16.9. The van der Waals surface area contributed by atoms with Crippen molar-refractivity contribution < 1.29 is 9.53 Å². The molecule has 0 aromatic carbocycles. The van der Waals surface area contributed by atoms with Gasteiger partial charge in [0.15, 0.2) is 0 Å². The van der Waals surface area contributed by atoms with Gasteiger partial charge >= 0.3 is 0 Å². The molecule has 0 bridgehead atoms. The number of likely N-dealkylation sites (tertiary alicyclic amines) is 1. The summed E-state index contributed by atoms with van der Waals surface area (Å²) in [6.45, 7) is 9.24. The maximum absolute atomic E-state index is 12.4.